The normalized spacial score (nSPS) is 14.2. The molecule has 10 aromatic rings. The lowest BCUT2D eigenvalue weighted by Gasteiger charge is -2.17. The van der Waals surface area contributed by atoms with E-state index in [1.807, 2.05) is 54.6 Å². The molecule has 0 aliphatic rings. The van der Waals surface area contributed by atoms with Gasteiger partial charge in [-0.2, -0.15) is 0 Å². The Morgan fingerprint density at radius 1 is 0.378 bits per heavy atom. The van der Waals surface area contributed by atoms with E-state index in [0.29, 0.717) is 5.56 Å². The van der Waals surface area contributed by atoms with Gasteiger partial charge >= 0.3 is 0 Å². The molecule has 1 heterocycles. The monoisotopic (exact) mass is 577 g/mol. The quantitative estimate of drug-likeness (QED) is 0.190. The highest BCUT2D eigenvalue weighted by atomic mass is 16.3. The second-order valence-corrected chi connectivity index (χ2v) is 11.5. The van der Waals surface area contributed by atoms with Crippen molar-refractivity contribution < 1.29 is 14.0 Å². The van der Waals surface area contributed by atoms with Crippen molar-refractivity contribution in [3.05, 3.63) is 158 Å². The van der Waals surface area contributed by atoms with Gasteiger partial charge in [-0.15, -0.1) is 0 Å². The molecular formula is C44H26O. The van der Waals surface area contributed by atoms with E-state index in [0.717, 1.165) is 76.5 Å². The molecule has 1 aromatic heterocycles. The highest BCUT2D eigenvalue weighted by molar-refractivity contribution is 6.29. The maximum atomic E-state index is 9.06. The van der Waals surface area contributed by atoms with Gasteiger partial charge in [-0.1, -0.05) is 151 Å². The van der Waals surface area contributed by atoms with Crippen LogP contribution in [0.15, 0.2) is 162 Å². The summed E-state index contributed by atoms with van der Waals surface area (Å²) in [5, 5.41) is 7.93. The summed E-state index contributed by atoms with van der Waals surface area (Å²) in [6.07, 6.45) is 0. The topological polar surface area (TPSA) is 13.1 Å². The molecule has 0 N–H and O–H groups in total. The SMILES string of the molecule is [2H]c1c([2H])c([2H])c2c(-c3ccc4ccc5c(-c6cccc7oc8c(-c9ccccc9)cccc8c67)ccc6ccc3c4c65)c([2H])c([2H])c([2H])c2c1[2H]. The Hall–Kier alpha value is -5.92. The van der Waals surface area contributed by atoms with E-state index >= 15 is 0 Å². The van der Waals surface area contributed by atoms with Crippen molar-refractivity contribution in [2.45, 2.75) is 0 Å². The van der Waals surface area contributed by atoms with Crippen LogP contribution in [0.1, 0.15) is 9.60 Å². The van der Waals surface area contributed by atoms with Gasteiger partial charge in [0.2, 0.25) is 0 Å². The highest BCUT2D eigenvalue weighted by Crippen LogP contribution is 2.46. The van der Waals surface area contributed by atoms with Crippen molar-refractivity contribution in [3.63, 3.8) is 0 Å². The molecule has 0 radical (unpaired) electrons. The molecule has 0 saturated carbocycles. The molecule has 45 heavy (non-hydrogen) atoms. The molecule has 1 heteroatoms. The van der Waals surface area contributed by atoms with E-state index < -0.39 is 12.1 Å². The summed E-state index contributed by atoms with van der Waals surface area (Å²) in [5.74, 6) is 0. The molecule has 208 valence electrons. The van der Waals surface area contributed by atoms with Crippen molar-refractivity contribution in [1.29, 1.82) is 0 Å². The molecule has 0 bridgehead atoms. The van der Waals surface area contributed by atoms with Crippen molar-refractivity contribution in [3.8, 4) is 33.4 Å². The minimum Gasteiger partial charge on any atom is -0.455 e. The highest BCUT2D eigenvalue weighted by Gasteiger charge is 2.19. The Morgan fingerprint density at radius 2 is 1.04 bits per heavy atom. The van der Waals surface area contributed by atoms with Crippen LogP contribution >= 0.6 is 0 Å². The molecule has 0 saturated heterocycles. The van der Waals surface area contributed by atoms with Gasteiger partial charge in [0.25, 0.3) is 0 Å². The smallest absolute Gasteiger partial charge is 0.143 e. The first-order valence-corrected chi connectivity index (χ1v) is 14.9. The molecule has 9 aromatic carbocycles. The van der Waals surface area contributed by atoms with Gasteiger partial charge in [0.05, 0.1) is 9.60 Å². The molecule has 0 unspecified atom stereocenters. The lowest BCUT2D eigenvalue weighted by Crippen LogP contribution is -1.90. The summed E-state index contributed by atoms with van der Waals surface area (Å²) in [5.41, 5.74) is 6.64. The van der Waals surface area contributed by atoms with E-state index in [9.17, 15) is 0 Å². The molecule has 1 nitrogen and oxygen atoms in total. The van der Waals surface area contributed by atoms with E-state index in [-0.39, 0.29) is 46.5 Å². The van der Waals surface area contributed by atoms with E-state index in [1.165, 1.54) is 0 Å². The third kappa shape index (κ3) is 3.50. The number of fused-ring (bicyclic) bond motifs is 4. The Kier molecular flexibility index (Phi) is 3.86. The lowest BCUT2D eigenvalue weighted by molar-refractivity contribution is 0.670. The maximum absolute atomic E-state index is 9.06. The zero-order valence-corrected chi connectivity index (χ0v) is 23.9. The van der Waals surface area contributed by atoms with Crippen LogP contribution < -0.4 is 0 Å². The van der Waals surface area contributed by atoms with Crippen molar-refractivity contribution in [2.24, 2.45) is 0 Å². The maximum Gasteiger partial charge on any atom is 0.143 e. The molecule has 0 spiro atoms. The van der Waals surface area contributed by atoms with Gasteiger partial charge in [0.1, 0.15) is 11.2 Å². The zero-order chi connectivity index (χ0) is 35.6. The first-order chi connectivity index (χ1) is 25.2. The summed E-state index contributed by atoms with van der Waals surface area (Å²) in [6, 6.07) is 36.5. The van der Waals surface area contributed by atoms with Crippen LogP contribution in [-0.4, -0.2) is 0 Å². The van der Waals surface area contributed by atoms with Crippen LogP contribution in [0.2, 0.25) is 0 Å². The van der Waals surface area contributed by atoms with Gasteiger partial charge in [0.15, 0.2) is 0 Å². The number of benzene rings is 9. The number of para-hydroxylation sites is 1. The predicted molar refractivity (Wildman–Crippen MR) is 191 cm³/mol. The van der Waals surface area contributed by atoms with Gasteiger partial charge in [-0.05, 0) is 77.0 Å². The second kappa shape index (κ2) is 9.29. The number of rotatable bonds is 3. The molecule has 0 aliphatic heterocycles. The minimum atomic E-state index is -0.464. The fourth-order valence-corrected chi connectivity index (χ4v) is 7.19. The van der Waals surface area contributed by atoms with Crippen LogP contribution in [0.4, 0.5) is 0 Å². The van der Waals surface area contributed by atoms with Gasteiger partial charge in [0, 0.05) is 16.3 Å². The van der Waals surface area contributed by atoms with Crippen LogP contribution in [-0.2, 0) is 0 Å². The average molecular weight is 578 g/mol. The number of hydrogen-bond acceptors (Lipinski definition) is 1. The van der Waals surface area contributed by atoms with Gasteiger partial charge in [-0.25, -0.2) is 0 Å². The van der Waals surface area contributed by atoms with Crippen LogP contribution in [0.5, 0.6) is 0 Å². The molecule has 0 fully saturated rings. The van der Waals surface area contributed by atoms with Crippen LogP contribution in [0, 0.1) is 0 Å². The Bertz CT molecular complexity index is 3140. The fraction of sp³-hybridized carbons (Fsp3) is 0. The third-order valence-corrected chi connectivity index (χ3v) is 9.14. The van der Waals surface area contributed by atoms with Crippen LogP contribution in [0.25, 0.3) is 98.4 Å². The van der Waals surface area contributed by atoms with Crippen molar-refractivity contribution in [1.82, 2.24) is 0 Å². The zero-order valence-electron chi connectivity index (χ0n) is 30.9. The second-order valence-electron chi connectivity index (χ2n) is 11.5. The molecular weight excluding hydrogens is 544 g/mol. The number of hydrogen-bond donors (Lipinski definition) is 0. The summed E-state index contributed by atoms with van der Waals surface area (Å²) < 4.78 is 67.1. The summed E-state index contributed by atoms with van der Waals surface area (Å²) in [4.78, 5) is 0. The van der Waals surface area contributed by atoms with Gasteiger partial charge < -0.3 is 4.42 Å². The first-order valence-electron chi connectivity index (χ1n) is 18.4. The van der Waals surface area contributed by atoms with Gasteiger partial charge in [-0.3, -0.25) is 0 Å². The van der Waals surface area contributed by atoms with Crippen LogP contribution in [0.3, 0.4) is 0 Å². The first kappa shape index (κ1) is 18.7. The third-order valence-electron chi connectivity index (χ3n) is 9.14. The minimum absolute atomic E-state index is 0.0502. The Balaban J connectivity index is 1.28. The average Bonchev–Trinajstić information content (AvgIpc) is 3.57. The lowest BCUT2D eigenvalue weighted by atomic mass is 9.86. The number of furan rings is 1. The summed E-state index contributed by atoms with van der Waals surface area (Å²) in [7, 11) is 0. The fourth-order valence-electron chi connectivity index (χ4n) is 7.19. The largest absolute Gasteiger partial charge is 0.455 e. The van der Waals surface area contributed by atoms with Crippen molar-refractivity contribution >= 4 is 65.0 Å². The van der Waals surface area contributed by atoms with E-state index in [4.69, 9.17) is 14.0 Å². The Labute approximate surface area is 269 Å². The van der Waals surface area contributed by atoms with E-state index in [2.05, 4.69) is 60.7 Å². The molecule has 10 rings (SSSR count). The summed E-state index contributed by atoms with van der Waals surface area (Å²) >= 11 is 0. The predicted octanol–water partition coefficient (Wildman–Crippen LogP) is 12.6. The summed E-state index contributed by atoms with van der Waals surface area (Å²) in [6.45, 7) is 0. The van der Waals surface area contributed by atoms with E-state index in [1.54, 1.807) is 0 Å². The molecule has 0 aliphatic carbocycles. The van der Waals surface area contributed by atoms with Crippen molar-refractivity contribution in [2.75, 3.05) is 0 Å². The molecule has 0 atom stereocenters. The standard InChI is InChI=1S/C44H26O/c1-2-9-28(10-3-1)32-14-7-17-39-43-36(16-8-18-40(43)45-44(32)39)35-24-20-30-21-25-37-34(23-19-29-22-26-38(35)42(30)41(29)37)33-15-6-12-27-11-4-5-13-31(27)33/h1-26H/i4D,5D,6D,11D,12D,13D,15D. The molecule has 0 amide bonds. The Morgan fingerprint density at radius 3 is 1.84 bits per heavy atom.